The predicted octanol–water partition coefficient (Wildman–Crippen LogP) is 3.63. The van der Waals surface area contributed by atoms with Gasteiger partial charge in [0.05, 0.1) is 20.8 Å². The molecule has 0 aromatic carbocycles. The van der Waals surface area contributed by atoms with Crippen molar-refractivity contribution in [3.63, 3.8) is 0 Å². The Bertz CT molecular complexity index is 489. The highest BCUT2D eigenvalue weighted by Crippen LogP contribution is 2.32. The topological polar surface area (TPSA) is 35.0 Å². The molecule has 0 unspecified atom stereocenters. The lowest BCUT2D eigenvalue weighted by atomic mass is 10.3. The van der Waals surface area contributed by atoms with Crippen LogP contribution in [0.15, 0.2) is 22.7 Å². The van der Waals surface area contributed by atoms with Gasteiger partial charge in [0.25, 0.3) is 0 Å². The number of ether oxygens (including phenoxy) is 1. The second-order valence-corrected chi connectivity index (χ2v) is 5.26. The van der Waals surface area contributed by atoms with Crippen LogP contribution in [0.1, 0.15) is 0 Å². The third kappa shape index (κ3) is 2.30. The minimum Gasteiger partial charge on any atom is -0.479 e. The van der Waals surface area contributed by atoms with Crippen molar-refractivity contribution >= 4 is 38.9 Å². The Hall–Kier alpha value is -0.650. The Kier molecular flexibility index (Phi) is 3.23. The van der Waals surface area contributed by atoms with Crippen molar-refractivity contribution in [3.8, 4) is 16.5 Å². The van der Waals surface area contributed by atoms with E-state index in [9.17, 15) is 0 Å². The fourth-order valence-electron chi connectivity index (χ4n) is 1.07. The lowest BCUT2D eigenvalue weighted by Crippen LogP contribution is -1.92. The molecule has 0 fully saturated rings. The van der Waals surface area contributed by atoms with Crippen LogP contribution in [0.25, 0.3) is 10.6 Å². The van der Waals surface area contributed by atoms with Crippen molar-refractivity contribution in [2.24, 2.45) is 0 Å². The summed E-state index contributed by atoms with van der Waals surface area (Å²) in [5, 5.41) is 7.97. The maximum Gasteiger partial charge on any atom is 0.247 e. The maximum atomic E-state index is 5.84. The van der Waals surface area contributed by atoms with Gasteiger partial charge in [-0.3, -0.25) is 0 Å². The van der Waals surface area contributed by atoms with Gasteiger partial charge >= 0.3 is 0 Å². The van der Waals surface area contributed by atoms with Crippen LogP contribution in [0.3, 0.4) is 0 Å². The Morgan fingerprint density at radius 2 is 2.20 bits per heavy atom. The molecule has 0 aliphatic heterocycles. The zero-order chi connectivity index (χ0) is 10.8. The zero-order valence-electron chi connectivity index (χ0n) is 7.70. The quantitative estimate of drug-likeness (QED) is 0.850. The summed E-state index contributed by atoms with van der Waals surface area (Å²) in [6.45, 7) is 0. The summed E-state index contributed by atoms with van der Waals surface area (Å²) in [5.41, 5.74) is 0.777. The first-order chi connectivity index (χ1) is 7.20. The lowest BCUT2D eigenvalue weighted by Gasteiger charge is -2.01. The van der Waals surface area contributed by atoms with Crippen molar-refractivity contribution in [2.45, 2.75) is 0 Å². The Morgan fingerprint density at radius 1 is 1.40 bits per heavy atom. The number of hydrogen-bond acceptors (Lipinski definition) is 4. The number of nitrogens with zero attached hydrogens (tertiary/aromatic N) is 2. The highest BCUT2D eigenvalue weighted by atomic mass is 79.9. The van der Waals surface area contributed by atoms with Gasteiger partial charge in [0.2, 0.25) is 5.88 Å². The summed E-state index contributed by atoms with van der Waals surface area (Å²) >= 11 is 10.7. The molecule has 3 nitrogen and oxygen atoms in total. The second-order valence-electron chi connectivity index (χ2n) is 2.69. The molecule has 0 aliphatic carbocycles. The number of hydrogen-bond donors (Lipinski definition) is 0. The highest BCUT2D eigenvalue weighted by Gasteiger charge is 2.08. The first-order valence-corrected chi connectivity index (χ1v) is 6.02. The Morgan fingerprint density at radius 3 is 2.73 bits per heavy atom. The number of methoxy groups -OCH3 is 1. The molecule has 0 bridgehead atoms. The summed E-state index contributed by atoms with van der Waals surface area (Å²) in [6, 6.07) is 5.60. The molecule has 6 heteroatoms. The molecule has 0 radical (unpaired) electrons. The molecule has 78 valence electrons. The number of rotatable bonds is 2. The summed E-state index contributed by atoms with van der Waals surface area (Å²) in [4.78, 5) is 0.982. The van der Waals surface area contributed by atoms with E-state index in [2.05, 4.69) is 26.1 Å². The molecule has 15 heavy (non-hydrogen) atoms. The summed E-state index contributed by atoms with van der Waals surface area (Å²) < 4.78 is 6.51. The molecule has 0 aliphatic rings. The van der Waals surface area contributed by atoms with Gasteiger partial charge in [-0.25, -0.2) is 0 Å². The third-order valence-corrected chi connectivity index (χ3v) is 3.56. The van der Waals surface area contributed by atoms with E-state index in [-0.39, 0.29) is 0 Å². The third-order valence-electron chi connectivity index (χ3n) is 1.74. The summed E-state index contributed by atoms with van der Waals surface area (Å²) in [7, 11) is 1.55. The van der Waals surface area contributed by atoms with Crippen LogP contribution in [-0.4, -0.2) is 17.3 Å². The molecule has 0 amide bonds. The van der Waals surface area contributed by atoms with E-state index in [0.717, 1.165) is 19.4 Å². The Balaban J connectivity index is 2.42. The lowest BCUT2D eigenvalue weighted by molar-refractivity contribution is 0.389. The molecular weight excluding hydrogens is 300 g/mol. The molecule has 0 saturated carbocycles. The van der Waals surface area contributed by atoms with E-state index in [0.29, 0.717) is 5.88 Å². The van der Waals surface area contributed by atoms with E-state index in [1.54, 1.807) is 7.11 Å². The maximum absolute atomic E-state index is 5.84. The van der Waals surface area contributed by atoms with Gasteiger partial charge in [-0.05, 0) is 34.1 Å². The van der Waals surface area contributed by atoms with E-state index >= 15 is 0 Å². The van der Waals surface area contributed by atoms with Gasteiger partial charge in [-0.1, -0.05) is 11.6 Å². The predicted molar refractivity (Wildman–Crippen MR) is 64.6 cm³/mol. The minimum atomic E-state index is 0.474. The largest absolute Gasteiger partial charge is 0.479 e. The van der Waals surface area contributed by atoms with Crippen LogP contribution in [0.2, 0.25) is 4.34 Å². The first kappa shape index (κ1) is 10.9. The van der Waals surface area contributed by atoms with Crippen LogP contribution in [0.4, 0.5) is 0 Å². The van der Waals surface area contributed by atoms with Gasteiger partial charge < -0.3 is 4.74 Å². The normalized spacial score (nSPS) is 10.3. The smallest absolute Gasteiger partial charge is 0.247 e. The second kappa shape index (κ2) is 4.47. The molecular formula is C9H6BrClN2OS. The van der Waals surface area contributed by atoms with E-state index in [4.69, 9.17) is 16.3 Å². The fourth-order valence-corrected chi connectivity index (χ4v) is 2.53. The zero-order valence-corrected chi connectivity index (χ0v) is 10.9. The standard InChI is InChI=1S/C9H6BrClN2OS/c1-14-9-5(10)4-6(12-13-9)7-2-3-8(11)15-7/h2-4H,1H3. The number of thiophene rings is 1. The molecule has 0 atom stereocenters. The van der Waals surface area contributed by atoms with Gasteiger partial charge in [0.15, 0.2) is 0 Å². The van der Waals surface area contributed by atoms with Gasteiger partial charge in [0, 0.05) is 0 Å². The fraction of sp³-hybridized carbons (Fsp3) is 0.111. The van der Waals surface area contributed by atoms with E-state index in [1.807, 2.05) is 18.2 Å². The van der Waals surface area contributed by atoms with Crippen LogP contribution in [0, 0.1) is 0 Å². The van der Waals surface area contributed by atoms with Gasteiger partial charge in [-0.2, -0.15) is 0 Å². The summed E-state index contributed by atoms with van der Waals surface area (Å²) in [6.07, 6.45) is 0. The van der Waals surface area contributed by atoms with Crippen molar-refractivity contribution in [1.82, 2.24) is 10.2 Å². The first-order valence-electron chi connectivity index (χ1n) is 4.03. The SMILES string of the molecule is COc1nnc(-c2ccc(Cl)s2)cc1Br. The van der Waals surface area contributed by atoms with Gasteiger partial charge in [-0.15, -0.1) is 21.5 Å². The van der Waals surface area contributed by atoms with Crippen molar-refractivity contribution in [1.29, 1.82) is 0 Å². The molecule has 0 spiro atoms. The van der Waals surface area contributed by atoms with E-state index in [1.165, 1.54) is 11.3 Å². The molecule has 2 aromatic heterocycles. The van der Waals surface area contributed by atoms with Gasteiger partial charge in [0.1, 0.15) is 5.69 Å². The highest BCUT2D eigenvalue weighted by molar-refractivity contribution is 9.10. The van der Waals surface area contributed by atoms with E-state index < -0.39 is 0 Å². The monoisotopic (exact) mass is 304 g/mol. The number of aromatic nitrogens is 2. The number of halogens is 2. The molecule has 2 aromatic rings. The molecule has 2 rings (SSSR count). The van der Waals surface area contributed by atoms with Crippen LogP contribution >= 0.6 is 38.9 Å². The van der Waals surface area contributed by atoms with Crippen LogP contribution in [-0.2, 0) is 0 Å². The van der Waals surface area contributed by atoms with Crippen molar-refractivity contribution in [2.75, 3.05) is 7.11 Å². The molecule has 2 heterocycles. The van der Waals surface area contributed by atoms with Crippen molar-refractivity contribution in [3.05, 3.63) is 27.0 Å². The van der Waals surface area contributed by atoms with Crippen molar-refractivity contribution < 1.29 is 4.74 Å². The molecule has 0 saturated heterocycles. The average Bonchev–Trinajstić information content (AvgIpc) is 2.65. The van der Waals surface area contributed by atoms with Crippen LogP contribution in [0.5, 0.6) is 5.88 Å². The van der Waals surface area contributed by atoms with Crippen LogP contribution < -0.4 is 4.74 Å². The summed E-state index contributed by atoms with van der Waals surface area (Å²) in [5.74, 6) is 0.474. The minimum absolute atomic E-state index is 0.474. The average molecular weight is 306 g/mol. The molecule has 0 N–H and O–H groups in total. The Labute approximate surface area is 104 Å².